The van der Waals surface area contributed by atoms with E-state index in [0.29, 0.717) is 6.54 Å². The van der Waals surface area contributed by atoms with Crippen LogP contribution in [0.4, 0.5) is 14.6 Å². The molecule has 1 saturated heterocycles. The van der Waals surface area contributed by atoms with Gasteiger partial charge < -0.3 is 4.90 Å². The molecule has 9 heteroatoms. The molecule has 0 spiro atoms. The molecule has 3 rings (SSSR count). The number of hydrogen-bond acceptors (Lipinski definition) is 6. The van der Waals surface area contributed by atoms with Crippen molar-refractivity contribution in [3.8, 4) is 6.07 Å². The van der Waals surface area contributed by atoms with E-state index in [-0.39, 0.29) is 11.6 Å². The molecule has 7 nitrogen and oxygen atoms in total. The molecule has 0 saturated carbocycles. The van der Waals surface area contributed by atoms with Crippen LogP contribution in [0.25, 0.3) is 0 Å². The highest BCUT2D eigenvalue weighted by atomic mass is 19.3. The summed E-state index contributed by atoms with van der Waals surface area (Å²) in [7, 11) is 0. The fraction of sp³-hybridized carbons (Fsp3) is 0.438. The zero-order chi connectivity index (χ0) is 17.8. The maximum Gasteiger partial charge on any atom is 0.280 e. The monoisotopic (exact) mass is 346 g/mol. The SMILES string of the molecule is N#Cc1cnc(N2CCC(Cn3cnc(C(F)F)cc3=O)CC2)cn1. The molecule has 2 aromatic heterocycles. The van der Waals surface area contributed by atoms with Gasteiger partial charge in [0, 0.05) is 25.7 Å². The third kappa shape index (κ3) is 3.96. The Hall–Kier alpha value is -2.89. The minimum Gasteiger partial charge on any atom is -0.355 e. The average Bonchev–Trinajstić information content (AvgIpc) is 2.64. The Morgan fingerprint density at radius 2 is 2.00 bits per heavy atom. The van der Waals surface area contributed by atoms with E-state index in [1.165, 1.54) is 17.1 Å². The number of anilines is 1. The maximum atomic E-state index is 12.5. The molecular weight excluding hydrogens is 330 g/mol. The first-order valence-corrected chi connectivity index (χ1v) is 7.88. The Labute approximate surface area is 142 Å². The number of aromatic nitrogens is 4. The summed E-state index contributed by atoms with van der Waals surface area (Å²) in [4.78, 5) is 25.9. The fourth-order valence-electron chi connectivity index (χ4n) is 2.86. The number of piperidine rings is 1. The molecule has 0 amide bonds. The van der Waals surface area contributed by atoms with Crippen molar-refractivity contribution in [2.45, 2.75) is 25.8 Å². The molecule has 3 heterocycles. The van der Waals surface area contributed by atoms with Gasteiger partial charge in [-0.15, -0.1) is 0 Å². The van der Waals surface area contributed by atoms with Gasteiger partial charge in [-0.05, 0) is 18.8 Å². The molecule has 0 atom stereocenters. The first-order chi connectivity index (χ1) is 12.1. The summed E-state index contributed by atoms with van der Waals surface area (Å²) in [5.41, 5.74) is -0.668. The molecule has 0 radical (unpaired) electrons. The van der Waals surface area contributed by atoms with Gasteiger partial charge in [-0.25, -0.2) is 23.7 Å². The smallest absolute Gasteiger partial charge is 0.280 e. The van der Waals surface area contributed by atoms with Crippen molar-refractivity contribution < 1.29 is 8.78 Å². The lowest BCUT2D eigenvalue weighted by Crippen LogP contribution is -2.37. The quantitative estimate of drug-likeness (QED) is 0.838. The number of halogens is 2. The van der Waals surface area contributed by atoms with Gasteiger partial charge in [0.25, 0.3) is 12.0 Å². The average molecular weight is 346 g/mol. The van der Waals surface area contributed by atoms with Crippen LogP contribution in [-0.2, 0) is 6.54 Å². The highest BCUT2D eigenvalue weighted by Gasteiger charge is 2.21. The first kappa shape index (κ1) is 17.0. The summed E-state index contributed by atoms with van der Waals surface area (Å²) in [5, 5.41) is 8.74. The Kier molecular flexibility index (Phi) is 4.97. The van der Waals surface area contributed by atoms with Gasteiger partial charge >= 0.3 is 0 Å². The van der Waals surface area contributed by atoms with Crippen LogP contribution in [0.1, 0.15) is 30.7 Å². The second-order valence-corrected chi connectivity index (χ2v) is 5.91. The summed E-state index contributed by atoms with van der Waals surface area (Å²) in [6, 6.07) is 2.83. The van der Waals surface area contributed by atoms with Crippen molar-refractivity contribution in [3.05, 3.63) is 46.5 Å². The molecule has 1 fully saturated rings. The van der Waals surface area contributed by atoms with Gasteiger partial charge in [0.2, 0.25) is 0 Å². The number of nitrogens with zero attached hydrogens (tertiary/aromatic N) is 6. The van der Waals surface area contributed by atoms with Gasteiger partial charge in [-0.1, -0.05) is 0 Å². The van der Waals surface area contributed by atoms with Gasteiger partial charge in [0.05, 0.1) is 18.7 Å². The predicted molar refractivity (Wildman–Crippen MR) is 85.1 cm³/mol. The van der Waals surface area contributed by atoms with E-state index >= 15 is 0 Å². The molecular formula is C16H16F2N6O. The van der Waals surface area contributed by atoms with Crippen LogP contribution < -0.4 is 10.5 Å². The molecule has 1 aliphatic heterocycles. The summed E-state index contributed by atoms with van der Waals surface area (Å²) < 4.78 is 26.5. The van der Waals surface area contributed by atoms with Crippen LogP contribution in [0.3, 0.4) is 0 Å². The zero-order valence-corrected chi connectivity index (χ0v) is 13.3. The molecule has 0 aliphatic carbocycles. The number of alkyl halides is 2. The number of nitriles is 1. The van der Waals surface area contributed by atoms with Gasteiger partial charge in [-0.2, -0.15) is 5.26 Å². The zero-order valence-electron chi connectivity index (χ0n) is 13.3. The third-order valence-corrected chi connectivity index (χ3v) is 4.27. The molecule has 0 N–H and O–H groups in total. The lowest BCUT2D eigenvalue weighted by molar-refractivity contribution is 0.145. The topological polar surface area (TPSA) is 87.7 Å². The second-order valence-electron chi connectivity index (χ2n) is 5.91. The van der Waals surface area contributed by atoms with Crippen LogP contribution in [0.15, 0.2) is 29.6 Å². The van der Waals surface area contributed by atoms with E-state index in [2.05, 4.69) is 19.9 Å². The van der Waals surface area contributed by atoms with Crippen molar-refractivity contribution in [1.29, 1.82) is 5.26 Å². The van der Waals surface area contributed by atoms with Crippen molar-refractivity contribution >= 4 is 5.82 Å². The van der Waals surface area contributed by atoms with E-state index in [1.807, 2.05) is 6.07 Å². The third-order valence-electron chi connectivity index (χ3n) is 4.27. The van der Waals surface area contributed by atoms with E-state index in [1.54, 1.807) is 6.20 Å². The molecule has 0 unspecified atom stereocenters. The van der Waals surface area contributed by atoms with E-state index in [4.69, 9.17) is 5.26 Å². The van der Waals surface area contributed by atoms with Crippen LogP contribution in [0.2, 0.25) is 0 Å². The van der Waals surface area contributed by atoms with Crippen molar-refractivity contribution in [2.24, 2.45) is 5.92 Å². The highest BCUT2D eigenvalue weighted by Crippen LogP contribution is 2.22. The summed E-state index contributed by atoms with van der Waals surface area (Å²) in [5.74, 6) is 0.983. The molecule has 25 heavy (non-hydrogen) atoms. The minimum atomic E-state index is -2.74. The predicted octanol–water partition coefficient (Wildman–Crippen LogP) is 1.76. The normalized spacial score (nSPS) is 15.4. The summed E-state index contributed by atoms with van der Waals surface area (Å²) in [6.07, 6.45) is 3.16. The summed E-state index contributed by atoms with van der Waals surface area (Å²) >= 11 is 0. The largest absolute Gasteiger partial charge is 0.355 e. The minimum absolute atomic E-state index is 0.263. The Balaban J connectivity index is 1.59. The molecule has 0 bridgehead atoms. The number of hydrogen-bond donors (Lipinski definition) is 0. The standard InChI is InChI=1S/C16H16F2N6O/c17-16(18)13-5-15(25)24(10-22-13)9-11-1-3-23(4-2-11)14-8-20-12(6-19)7-21-14/h5,7-8,10-11,16H,1-4,9H2. The van der Waals surface area contributed by atoms with Gasteiger partial charge in [-0.3, -0.25) is 9.36 Å². The van der Waals surface area contributed by atoms with Crippen molar-refractivity contribution in [2.75, 3.05) is 18.0 Å². The highest BCUT2D eigenvalue weighted by molar-refractivity contribution is 5.37. The fourth-order valence-corrected chi connectivity index (χ4v) is 2.86. The molecule has 2 aromatic rings. The van der Waals surface area contributed by atoms with Gasteiger partial charge in [0.15, 0.2) is 5.69 Å². The van der Waals surface area contributed by atoms with E-state index in [0.717, 1.165) is 37.8 Å². The van der Waals surface area contributed by atoms with Crippen LogP contribution >= 0.6 is 0 Å². The lowest BCUT2D eigenvalue weighted by atomic mass is 9.97. The van der Waals surface area contributed by atoms with Crippen LogP contribution in [0, 0.1) is 17.2 Å². The van der Waals surface area contributed by atoms with E-state index < -0.39 is 17.7 Å². The van der Waals surface area contributed by atoms with Crippen LogP contribution in [-0.4, -0.2) is 32.6 Å². The number of rotatable bonds is 4. The second kappa shape index (κ2) is 7.34. The first-order valence-electron chi connectivity index (χ1n) is 7.88. The maximum absolute atomic E-state index is 12.5. The summed E-state index contributed by atoms with van der Waals surface area (Å²) in [6.45, 7) is 1.97. The van der Waals surface area contributed by atoms with Crippen molar-refractivity contribution in [1.82, 2.24) is 19.5 Å². The van der Waals surface area contributed by atoms with Crippen LogP contribution in [0.5, 0.6) is 0 Å². The van der Waals surface area contributed by atoms with Gasteiger partial charge in [0.1, 0.15) is 17.6 Å². The molecule has 130 valence electrons. The Bertz CT molecular complexity index is 822. The Morgan fingerprint density at radius 1 is 1.24 bits per heavy atom. The lowest BCUT2D eigenvalue weighted by Gasteiger charge is -2.32. The molecule has 0 aromatic carbocycles. The molecule has 1 aliphatic rings. The van der Waals surface area contributed by atoms with Crippen molar-refractivity contribution in [3.63, 3.8) is 0 Å². The Morgan fingerprint density at radius 3 is 2.56 bits per heavy atom. The van der Waals surface area contributed by atoms with E-state index in [9.17, 15) is 13.6 Å².